The molecule has 0 amide bonds. The lowest BCUT2D eigenvalue weighted by Gasteiger charge is -1.56. The molecule has 0 aliphatic rings. The van der Waals surface area contributed by atoms with E-state index in [0.717, 1.165) is 0 Å². The maximum Gasteiger partial charge on any atom is 0.343 e. The van der Waals surface area contributed by atoms with Crippen LogP contribution < -0.4 is 0 Å². The second kappa shape index (κ2) is 2.98. The van der Waals surface area contributed by atoms with Gasteiger partial charge in [0.05, 0.1) is 0 Å². The topological polar surface area (TPSA) is 34.1 Å². The summed E-state index contributed by atoms with van der Waals surface area (Å²) in [5.74, 6) is 0. The summed E-state index contributed by atoms with van der Waals surface area (Å²) in [4.78, 5) is 9.43. The van der Waals surface area contributed by atoms with Crippen molar-refractivity contribution in [1.82, 2.24) is 0 Å². The number of rotatable bonds is 2. The zero-order valence-corrected chi connectivity index (χ0v) is 4.44. The van der Waals surface area contributed by atoms with Crippen LogP contribution in [0.2, 0.25) is 0 Å². The lowest BCUT2D eigenvalue weighted by Crippen LogP contribution is -1.72. The zero-order valence-electron chi connectivity index (χ0n) is 3.55. The third-order valence-corrected chi connectivity index (χ3v) is 0.995. The van der Waals surface area contributed by atoms with Crippen LogP contribution in [0.25, 0.3) is 0 Å². The van der Waals surface area contributed by atoms with Crippen molar-refractivity contribution in [2.75, 3.05) is 12.8 Å². The van der Waals surface area contributed by atoms with Crippen LogP contribution in [0.15, 0.2) is 0 Å². The molecule has 0 aromatic heterocycles. The smallest absolute Gasteiger partial charge is 0.299 e. The molecule has 34 valence electrons. The Morgan fingerprint density at radius 1 is 1.83 bits per heavy atom. The van der Waals surface area contributed by atoms with E-state index in [-0.39, 0.29) is 6.16 Å². The van der Waals surface area contributed by atoms with Crippen molar-refractivity contribution < 1.29 is 9.36 Å². The highest BCUT2D eigenvalue weighted by Crippen LogP contribution is 2.08. The van der Waals surface area contributed by atoms with E-state index in [1.54, 1.807) is 0 Å². The molecule has 1 atom stereocenters. The minimum atomic E-state index is -1.22. The molecule has 0 aromatic carbocycles. The minimum absolute atomic E-state index is 0.204. The SMILES string of the molecule is C[P+](=O)CC=O. The van der Waals surface area contributed by atoms with Crippen molar-refractivity contribution in [2.45, 2.75) is 0 Å². The highest BCUT2D eigenvalue weighted by Gasteiger charge is 1.99. The van der Waals surface area contributed by atoms with Gasteiger partial charge in [-0.25, -0.2) is 0 Å². The van der Waals surface area contributed by atoms with Crippen LogP contribution in [0.4, 0.5) is 0 Å². The van der Waals surface area contributed by atoms with Gasteiger partial charge >= 0.3 is 7.80 Å². The molecule has 0 rings (SSSR count). The quantitative estimate of drug-likeness (QED) is 0.381. The first-order chi connectivity index (χ1) is 2.77. The average Bonchev–Trinajstić information content (AvgIpc) is 1.35. The summed E-state index contributed by atoms with van der Waals surface area (Å²) in [6.45, 7) is 1.53. The highest BCUT2D eigenvalue weighted by atomic mass is 31.1. The van der Waals surface area contributed by atoms with Gasteiger partial charge in [-0.05, 0) is 0 Å². The molecule has 0 saturated carbocycles. The molecule has 1 unspecified atom stereocenters. The Kier molecular flexibility index (Phi) is 2.87. The number of hydrogen-bond donors (Lipinski definition) is 0. The molecule has 0 saturated heterocycles. The molecule has 0 aromatic rings. The van der Waals surface area contributed by atoms with Crippen LogP contribution in [0.5, 0.6) is 0 Å². The Bertz CT molecular complexity index is 69.2. The molecule has 3 heteroatoms. The normalized spacial score (nSPS) is 10.5. The fraction of sp³-hybridized carbons (Fsp3) is 0.667. The van der Waals surface area contributed by atoms with Gasteiger partial charge in [-0.15, -0.1) is 0 Å². The Morgan fingerprint density at radius 2 is 2.33 bits per heavy atom. The van der Waals surface area contributed by atoms with Crippen LogP contribution in [0, 0.1) is 0 Å². The Morgan fingerprint density at radius 3 is 2.33 bits per heavy atom. The number of hydrogen-bond acceptors (Lipinski definition) is 2. The monoisotopic (exact) mass is 105 g/mol. The minimum Gasteiger partial charge on any atom is -0.299 e. The predicted octanol–water partition coefficient (Wildman–Crippen LogP) is 0.642. The van der Waals surface area contributed by atoms with Crippen molar-refractivity contribution in [1.29, 1.82) is 0 Å². The van der Waals surface area contributed by atoms with Crippen LogP contribution >= 0.6 is 7.80 Å². The van der Waals surface area contributed by atoms with E-state index in [4.69, 9.17) is 0 Å². The summed E-state index contributed by atoms with van der Waals surface area (Å²) in [6.07, 6.45) is 0.869. The van der Waals surface area contributed by atoms with Gasteiger partial charge in [-0.2, -0.15) is 0 Å². The molecule has 2 nitrogen and oxygen atoms in total. The Labute approximate surface area is 37.3 Å². The summed E-state index contributed by atoms with van der Waals surface area (Å²) in [5, 5.41) is 0. The first-order valence-corrected chi connectivity index (χ1v) is 3.48. The van der Waals surface area contributed by atoms with E-state index in [1.165, 1.54) is 6.66 Å². The number of carbonyl (C=O) groups is 1. The van der Waals surface area contributed by atoms with Crippen LogP contribution in [0.3, 0.4) is 0 Å². The Balaban J connectivity index is 3.05. The molecule has 0 spiro atoms. The number of aldehydes is 1. The number of carbonyl (C=O) groups excluding carboxylic acids is 1. The zero-order chi connectivity index (χ0) is 4.99. The van der Waals surface area contributed by atoms with Gasteiger partial charge < -0.3 is 0 Å². The fourth-order valence-electron chi connectivity index (χ4n) is 0.105. The van der Waals surface area contributed by atoms with E-state index in [9.17, 15) is 9.36 Å². The van der Waals surface area contributed by atoms with E-state index < -0.39 is 7.80 Å². The first kappa shape index (κ1) is 5.77. The average molecular weight is 105 g/mol. The first-order valence-electron chi connectivity index (χ1n) is 1.59. The molecule has 0 aliphatic heterocycles. The molecule has 0 fully saturated rings. The van der Waals surface area contributed by atoms with Crippen molar-refractivity contribution in [3.63, 3.8) is 0 Å². The van der Waals surface area contributed by atoms with Crippen molar-refractivity contribution in [3.05, 3.63) is 0 Å². The summed E-state index contributed by atoms with van der Waals surface area (Å²) in [6, 6.07) is 0. The molecule has 6 heavy (non-hydrogen) atoms. The lowest BCUT2D eigenvalue weighted by molar-refractivity contribution is -0.105. The van der Waals surface area contributed by atoms with Crippen LogP contribution in [-0.4, -0.2) is 19.1 Å². The van der Waals surface area contributed by atoms with E-state index in [0.29, 0.717) is 6.29 Å². The van der Waals surface area contributed by atoms with Crippen molar-refractivity contribution >= 4 is 14.1 Å². The van der Waals surface area contributed by atoms with Crippen molar-refractivity contribution in [3.8, 4) is 0 Å². The summed E-state index contributed by atoms with van der Waals surface area (Å²) >= 11 is 0. The summed E-state index contributed by atoms with van der Waals surface area (Å²) in [5.41, 5.74) is 0. The molecular formula is C3H6O2P+. The van der Waals surface area contributed by atoms with Crippen LogP contribution in [0.1, 0.15) is 0 Å². The standard InChI is InChI=1S/C3H6O2P/c1-6(5)3-2-4/h2H,3H2,1H3/q+1. The fourth-order valence-corrected chi connectivity index (χ4v) is 0.315. The molecule has 0 bridgehead atoms. The third kappa shape index (κ3) is 3.77. The predicted molar refractivity (Wildman–Crippen MR) is 24.5 cm³/mol. The van der Waals surface area contributed by atoms with Crippen LogP contribution in [-0.2, 0) is 9.36 Å². The highest BCUT2D eigenvalue weighted by molar-refractivity contribution is 7.44. The van der Waals surface area contributed by atoms with Gasteiger partial charge in [0.1, 0.15) is 6.66 Å². The van der Waals surface area contributed by atoms with Gasteiger partial charge in [-0.3, -0.25) is 4.79 Å². The molecule has 0 radical (unpaired) electrons. The second-order valence-electron chi connectivity index (χ2n) is 0.977. The summed E-state index contributed by atoms with van der Waals surface area (Å²) < 4.78 is 9.96. The largest absolute Gasteiger partial charge is 0.343 e. The Hall–Kier alpha value is -0.230. The van der Waals surface area contributed by atoms with Gasteiger partial charge in [-0.1, -0.05) is 4.57 Å². The lowest BCUT2D eigenvalue weighted by atomic mass is 10.9. The third-order valence-electron chi connectivity index (χ3n) is 0.332. The molecular weight excluding hydrogens is 99.0 g/mol. The van der Waals surface area contributed by atoms with Gasteiger partial charge in [0.25, 0.3) is 0 Å². The van der Waals surface area contributed by atoms with Gasteiger partial charge in [0, 0.05) is 0 Å². The maximum atomic E-state index is 9.96. The maximum absolute atomic E-state index is 9.96. The second-order valence-corrected chi connectivity index (χ2v) is 2.60. The summed E-state index contributed by atoms with van der Waals surface area (Å²) in [7, 11) is -1.22. The molecule has 0 heterocycles. The molecule has 0 N–H and O–H groups in total. The molecule has 0 aliphatic carbocycles. The van der Waals surface area contributed by atoms with Crippen molar-refractivity contribution in [2.24, 2.45) is 0 Å². The van der Waals surface area contributed by atoms with E-state index in [1.807, 2.05) is 0 Å². The van der Waals surface area contributed by atoms with Gasteiger partial charge in [0.15, 0.2) is 12.4 Å². The van der Waals surface area contributed by atoms with E-state index >= 15 is 0 Å². The van der Waals surface area contributed by atoms with E-state index in [2.05, 4.69) is 0 Å². The van der Waals surface area contributed by atoms with Gasteiger partial charge in [0.2, 0.25) is 0 Å².